The topological polar surface area (TPSA) is 110 Å². The summed E-state index contributed by atoms with van der Waals surface area (Å²) in [5, 5.41) is 1.58. The van der Waals surface area contributed by atoms with Crippen LogP contribution in [0.15, 0.2) is 29.2 Å². The van der Waals surface area contributed by atoms with Gasteiger partial charge < -0.3 is 10.1 Å². The Balaban J connectivity index is 2.13. The number of piperidine rings is 1. The van der Waals surface area contributed by atoms with Gasteiger partial charge in [0.2, 0.25) is 15.9 Å². The summed E-state index contributed by atoms with van der Waals surface area (Å²) < 4.78 is 56.4. The highest BCUT2D eigenvalue weighted by Crippen LogP contribution is 2.29. The summed E-state index contributed by atoms with van der Waals surface area (Å²) in [6.45, 7) is 0.163. The van der Waals surface area contributed by atoms with Crippen LogP contribution < -0.4 is 10.1 Å². The molecule has 1 aromatic rings. The zero-order valence-corrected chi connectivity index (χ0v) is 15.8. The van der Waals surface area contributed by atoms with Crippen molar-refractivity contribution in [1.29, 1.82) is 0 Å². The van der Waals surface area contributed by atoms with Crippen molar-refractivity contribution in [3.05, 3.63) is 24.3 Å². The summed E-state index contributed by atoms with van der Waals surface area (Å²) in [5.41, 5.74) is 0. The van der Waals surface area contributed by atoms with Crippen LogP contribution in [0.1, 0.15) is 12.8 Å². The number of ether oxygens (including phenoxy) is 1. The molecule has 25 heavy (non-hydrogen) atoms. The summed E-state index contributed by atoms with van der Waals surface area (Å²) in [6.07, 6.45) is 0.321. The molecule has 1 aromatic carbocycles. The molecule has 1 amide bonds. The van der Waals surface area contributed by atoms with Gasteiger partial charge in [-0.1, -0.05) is 12.1 Å². The van der Waals surface area contributed by atoms with Crippen molar-refractivity contribution in [3.63, 3.8) is 0 Å². The second-order valence-electron chi connectivity index (χ2n) is 5.73. The average molecular weight is 390 g/mol. The number of amides is 1. The quantitative estimate of drug-likeness (QED) is 0.733. The molecule has 10 heteroatoms. The minimum atomic E-state index is -3.77. The number of rotatable bonds is 6. The molecular weight excluding hydrogens is 368 g/mol. The Bertz CT molecular complexity index is 827. The van der Waals surface area contributed by atoms with Crippen molar-refractivity contribution >= 4 is 25.8 Å². The molecule has 0 aromatic heterocycles. The highest BCUT2D eigenvalue weighted by Gasteiger charge is 2.36. The predicted molar refractivity (Wildman–Crippen MR) is 92.6 cm³/mol. The standard InChI is InChI=1S/C15H22N2O6S2/c1-16-15(18)11-24(19,20)12-7-9-17(10-8-12)25(21,22)14-6-4-3-5-13(14)23-2/h3-6,12H,7-11H2,1-2H3,(H,16,18). The van der Waals surface area contributed by atoms with E-state index in [0.29, 0.717) is 0 Å². The maximum Gasteiger partial charge on any atom is 0.246 e. The number of carbonyl (C=O) groups is 1. The van der Waals surface area contributed by atoms with Crippen LogP contribution in [0.25, 0.3) is 0 Å². The predicted octanol–water partition coefficient (Wildman–Crippen LogP) is 0.00910. The lowest BCUT2D eigenvalue weighted by atomic mass is 10.2. The van der Waals surface area contributed by atoms with Crippen molar-refractivity contribution in [2.45, 2.75) is 23.0 Å². The van der Waals surface area contributed by atoms with Gasteiger partial charge in [-0.05, 0) is 25.0 Å². The van der Waals surface area contributed by atoms with Crippen molar-refractivity contribution < 1.29 is 26.4 Å². The zero-order chi connectivity index (χ0) is 18.7. The molecule has 8 nitrogen and oxygen atoms in total. The molecular formula is C15H22N2O6S2. The maximum atomic E-state index is 12.8. The lowest BCUT2D eigenvalue weighted by Crippen LogP contribution is -2.44. The summed E-state index contributed by atoms with van der Waals surface area (Å²) in [6, 6.07) is 6.31. The highest BCUT2D eigenvalue weighted by atomic mass is 32.2. The van der Waals surface area contributed by atoms with Gasteiger partial charge in [0.1, 0.15) is 16.4 Å². The zero-order valence-electron chi connectivity index (χ0n) is 14.1. The third kappa shape index (κ3) is 4.31. The molecule has 2 rings (SSSR count). The lowest BCUT2D eigenvalue weighted by molar-refractivity contribution is -0.118. The van der Waals surface area contributed by atoms with E-state index in [-0.39, 0.29) is 36.6 Å². The van der Waals surface area contributed by atoms with Gasteiger partial charge in [0.25, 0.3) is 0 Å². The number of benzene rings is 1. The van der Waals surface area contributed by atoms with Crippen LogP contribution in [-0.4, -0.2) is 65.3 Å². The molecule has 1 N–H and O–H groups in total. The van der Waals surface area contributed by atoms with Crippen LogP contribution >= 0.6 is 0 Å². The molecule has 0 aliphatic carbocycles. The molecule has 1 aliphatic rings. The number of nitrogens with zero attached hydrogens (tertiary/aromatic N) is 1. The van der Waals surface area contributed by atoms with Crippen molar-refractivity contribution in [1.82, 2.24) is 9.62 Å². The average Bonchev–Trinajstić information content (AvgIpc) is 2.61. The molecule has 0 saturated carbocycles. The number of nitrogens with one attached hydrogen (secondary N) is 1. The van der Waals surface area contributed by atoms with Crippen molar-refractivity contribution in [3.8, 4) is 5.75 Å². The van der Waals surface area contributed by atoms with E-state index in [1.54, 1.807) is 18.2 Å². The molecule has 0 bridgehead atoms. The van der Waals surface area contributed by atoms with Gasteiger partial charge in [0, 0.05) is 20.1 Å². The monoisotopic (exact) mass is 390 g/mol. The molecule has 1 saturated heterocycles. The van der Waals surface area contributed by atoms with Gasteiger partial charge in [-0.15, -0.1) is 0 Å². The van der Waals surface area contributed by atoms with Crippen LogP contribution in [0.4, 0.5) is 0 Å². The van der Waals surface area contributed by atoms with Gasteiger partial charge in [-0.3, -0.25) is 4.79 Å². The van der Waals surface area contributed by atoms with Gasteiger partial charge in [-0.2, -0.15) is 4.31 Å². The summed E-state index contributed by atoms with van der Waals surface area (Å²) >= 11 is 0. The van der Waals surface area contributed by atoms with E-state index >= 15 is 0 Å². The molecule has 0 radical (unpaired) electrons. The van der Waals surface area contributed by atoms with Gasteiger partial charge in [0.15, 0.2) is 9.84 Å². The lowest BCUT2D eigenvalue weighted by Gasteiger charge is -2.31. The number of sulfonamides is 1. The molecule has 1 aliphatic heterocycles. The molecule has 0 atom stereocenters. The van der Waals surface area contributed by atoms with E-state index in [1.807, 2.05) is 0 Å². The summed E-state index contributed by atoms with van der Waals surface area (Å²) in [4.78, 5) is 11.4. The Kier molecular flexibility index (Phi) is 6.07. The number of hydrogen-bond donors (Lipinski definition) is 1. The van der Waals surface area contributed by atoms with Gasteiger partial charge >= 0.3 is 0 Å². The van der Waals surface area contributed by atoms with E-state index in [2.05, 4.69) is 5.32 Å². The summed E-state index contributed by atoms with van der Waals surface area (Å²) in [5.74, 6) is -0.895. The van der Waals surface area contributed by atoms with Crippen molar-refractivity contribution in [2.24, 2.45) is 0 Å². The molecule has 0 spiro atoms. The Labute approximate surface area is 148 Å². The second kappa shape index (κ2) is 7.71. The molecule has 1 fully saturated rings. The Hall–Kier alpha value is -1.65. The fourth-order valence-corrected chi connectivity index (χ4v) is 6.08. The second-order valence-corrected chi connectivity index (χ2v) is 9.92. The first-order valence-electron chi connectivity index (χ1n) is 7.77. The van der Waals surface area contributed by atoms with Crippen LogP contribution in [0, 0.1) is 0 Å². The number of sulfone groups is 1. The fraction of sp³-hybridized carbons (Fsp3) is 0.533. The minimum absolute atomic E-state index is 0.0594. The van der Waals surface area contributed by atoms with Crippen molar-refractivity contribution in [2.75, 3.05) is 33.0 Å². The van der Waals surface area contributed by atoms with Crippen LogP contribution in [0.2, 0.25) is 0 Å². The van der Waals surface area contributed by atoms with E-state index in [0.717, 1.165) is 0 Å². The first kappa shape index (κ1) is 19.7. The van der Waals surface area contributed by atoms with Gasteiger partial charge in [0.05, 0.1) is 12.4 Å². The van der Waals surface area contributed by atoms with Crippen LogP contribution in [-0.2, 0) is 24.7 Å². The third-order valence-electron chi connectivity index (χ3n) is 4.21. The van der Waals surface area contributed by atoms with Gasteiger partial charge in [-0.25, -0.2) is 16.8 Å². The molecule has 0 unspecified atom stereocenters. The summed E-state index contributed by atoms with van der Waals surface area (Å²) in [7, 11) is -4.60. The molecule has 1 heterocycles. The Morgan fingerprint density at radius 3 is 2.36 bits per heavy atom. The number of carbonyl (C=O) groups excluding carboxylic acids is 1. The first-order valence-corrected chi connectivity index (χ1v) is 10.9. The van der Waals surface area contributed by atoms with E-state index in [9.17, 15) is 21.6 Å². The number of methoxy groups -OCH3 is 1. The largest absolute Gasteiger partial charge is 0.495 e. The highest BCUT2D eigenvalue weighted by molar-refractivity contribution is 7.92. The first-order chi connectivity index (χ1) is 11.7. The molecule has 140 valence electrons. The Morgan fingerprint density at radius 1 is 1.20 bits per heavy atom. The Morgan fingerprint density at radius 2 is 1.80 bits per heavy atom. The van der Waals surface area contributed by atoms with Crippen LogP contribution in [0.3, 0.4) is 0 Å². The third-order valence-corrected chi connectivity index (χ3v) is 8.30. The normalized spacial score (nSPS) is 17.2. The van der Waals surface area contributed by atoms with Crippen LogP contribution in [0.5, 0.6) is 5.75 Å². The minimum Gasteiger partial charge on any atom is -0.495 e. The van der Waals surface area contributed by atoms with E-state index in [4.69, 9.17) is 4.74 Å². The smallest absolute Gasteiger partial charge is 0.246 e. The number of hydrogen-bond acceptors (Lipinski definition) is 6. The SMILES string of the molecule is CNC(=O)CS(=O)(=O)C1CCN(S(=O)(=O)c2ccccc2OC)CC1. The maximum absolute atomic E-state index is 12.8. The fourth-order valence-electron chi connectivity index (χ4n) is 2.78. The van der Waals surface area contributed by atoms with E-state index < -0.39 is 36.8 Å². The van der Waals surface area contributed by atoms with E-state index in [1.165, 1.54) is 24.5 Å². The number of para-hydroxylation sites is 1.